The van der Waals surface area contributed by atoms with E-state index in [9.17, 15) is 4.79 Å². The van der Waals surface area contributed by atoms with E-state index in [0.717, 1.165) is 18.8 Å². The SMILES string of the molecule is CC1CCCN(C(=O)CC2CSCCN2)C1C. The van der Waals surface area contributed by atoms with Crippen LogP contribution in [0.2, 0.25) is 0 Å². The predicted octanol–water partition coefficient (Wildman–Crippen LogP) is 1.73. The summed E-state index contributed by atoms with van der Waals surface area (Å²) in [7, 11) is 0. The Labute approximate surface area is 109 Å². The molecule has 17 heavy (non-hydrogen) atoms. The van der Waals surface area contributed by atoms with E-state index in [1.54, 1.807) is 0 Å². The molecule has 98 valence electrons. The molecule has 2 fully saturated rings. The fourth-order valence-corrected chi connectivity index (χ4v) is 3.72. The number of hydrogen-bond donors (Lipinski definition) is 1. The first-order valence-corrected chi connectivity index (χ1v) is 7.94. The zero-order chi connectivity index (χ0) is 12.3. The average molecular weight is 256 g/mol. The summed E-state index contributed by atoms with van der Waals surface area (Å²) in [5.74, 6) is 3.27. The van der Waals surface area contributed by atoms with Crippen molar-refractivity contribution in [3.05, 3.63) is 0 Å². The minimum absolute atomic E-state index is 0.351. The van der Waals surface area contributed by atoms with Crippen LogP contribution in [0, 0.1) is 5.92 Å². The summed E-state index contributed by atoms with van der Waals surface area (Å²) < 4.78 is 0. The molecule has 0 spiro atoms. The van der Waals surface area contributed by atoms with Crippen LogP contribution in [0.5, 0.6) is 0 Å². The number of rotatable bonds is 2. The van der Waals surface area contributed by atoms with Crippen molar-refractivity contribution >= 4 is 17.7 Å². The van der Waals surface area contributed by atoms with E-state index in [-0.39, 0.29) is 0 Å². The maximum atomic E-state index is 12.3. The number of thioether (sulfide) groups is 1. The lowest BCUT2D eigenvalue weighted by Crippen LogP contribution is -2.49. The lowest BCUT2D eigenvalue weighted by atomic mass is 9.91. The molecular formula is C13H24N2OS. The Morgan fingerprint density at radius 1 is 1.47 bits per heavy atom. The molecule has 2 saturated heterocycles. The van der Waals surface area contributed by atoms with Crippen molar-refractivity contribution in [1.29, 1.82) is 0 Å². The Hall–Kier alpha value is -0.220. The number of carbonyl (C=O) groups is 1. The molecule has 2 aliphatic heterocycles. The zero-order valence-corrected chi connectivity index (χ0v) is 11.8. The zero-order valence-electron chi connectivity index (χ0n) is 10.9. The minimum Gasteiger partial charge on any atom is -0.340 e. The first kappa shape index (κ1) is 13.2. The maximum absolute atomic E-state index is 12.3. The fraction of sp³-hybridized carbons (Fsp3) is 0.923. The molecule has 2 rings (SSSR count). The molecule has 0 bridgehead atoms. The second-order valence-corrected chi connectivity index (χ2v) is 6.53. The van der Waals surface area contributed by atoms with E-state index in [1.807, 2.05) is 11.8 Å². The highest BCUT2D eigenvalue weighted by Gasteiger charge is 2.29. The van der Waals surface area contributed by atoms with Crippen LogP contribution in [0.3, 0.4) is 0 Å². The minimum atomic E-state index is 0.351. The Balaban J connectivity index is 1.85. The highest BCUT2D eigenvalue weighted by Crippen LogP contribution is 2.24. The summed E-state index contributed by atoms with van der Waals surface area (Å²) in [6.07, 6.45) is 3.12. The molecule has 0 aromatic rings. The Morgan fingerprint density at radius 2 is 2.29 bits per heavy atom. The molecule has 2 heterocycles. The number of hydrogen-bond acceptors (Lipinski definition) is 3. The van der Waals surface area contributed by atoms with E-state index in [0.29, 0.717) is 30.3 Å². The molecule has 0 aromatic carbocycles. The summed E-state index contributed by atoms with van der Waals surface area (Å²) in [5.41, 5.74) is 0. The van der Waals surface area contributed by atoms with Gasteiger partial charge in [0.05, 0.1) is 0 Å². The molecule has 2 aliphatic rings. The fourth-order valence-electron chi connectivity index (χ4n) is 2.77. The van der Waals surface area contributed by atoms with Crippen molar-refractivity contribution in [2.75, 3.05) is 24.6 Å². The summed E-state index contributed by atoms with van der Waals surface area (Å²) in [5, 5.41) is 3.45. The number of likely N-dealkylation sites (tertiary alicyclic amines) is 1. The van der Waals surface area contributed by atoms with Crippen LogP contribution in [0.15, 0.2) is 0 Å². The van der Waals surface area contributed by atoms with Gasteiger partial charge in [0.2, 0.25) is 5.91 Å². The van der Waals surface area contributed by atoms with Gasteiger partial charge in [-0.15, -0.1) is 0 Å². The van der Waals surface area contributed by atoms with Crippen molar-refractivity contribution < 1.29 is 4.79 Å². The largest absolute Gasteiger partial charge is 0.340 e. The van der Waals surface area contributed by atoms with Crippen LogP contribution in [-0.2, 0) is 4.79 Å². The molecule has 1 amide bonds. The topological polar surface area (TPSA) is 32.3 Å². The highest BCUT2D eigenvalue weighted by atomic mass is 32.2. The second-order valence-electron chi connectivity index (χ2n) is 5.38. The second kappa shape index (κ2) is 6.10. The van der Waals surface area contributed by atoms with Gasteiger partial charge in [0.1, 0.15) is 0 Å². The molecule has 3 unspecified atom stereocenters. The van der Waals surface area contributed by atoms with E-state index >= 15 is 0 Å². The van der Waals surface area contributed by atoms with E-state index in [2.05, 4.69) is 24.1 Å². The van der Waals surface area contributed by atoms with E-state index in [4.69, 9.17) is 0 Å². The lowest BCUT2D eigenvalue weighted by molar-refractivity contribution is -0.136. The molecule has 0 saturated carbocycles. The Kier molecular flexibility index (Phi) is 4.74. The van der Waals surface area contributed by atoms with Crippen LogP contribution in [0.4, 0.5) is 0 Å². The van der Waals surface area contributed by atoms with E-state index in [1.165, 1.54) is 18.6 Å². The van der Waals surface area contributed by atoms with Gasteiger partial charge in [-0.2, -0.15) is 11.8 Å². The van der Waals surface area contributed by atoms with Crippen molar-refractivity contribution in [2.45, 2.75) is 45.2 Å². The van der Waals surface area contributed by atoms with Gasteiger partial charge in [0, 0.05) is 43.1 Å². The molecule has 0 aliphatic carbocycles. The third-order valence-corrected chi connectivity index (χ3v) is 5.24. The number of piperidine rings is 1. The van der Waals surface area contributed by atoms with Gasteiger partial charge in [0.15, 0.2) is 0 Å². The molecule has 0 radical (unpaired) electrons. The average Bonchev–Trinajstić information content (AvgIpc) is 2.34. The van der Waals surface area contributed by atoms with Crippen molar-refractivity contribution in [3.8, 4) is 0 Å². The van der Waals surface area contributed by atoms with Gasteiger partial charge in [-0.25, -0.2) is 0 Å². The van der Waals surface area contributed by atoms with Crippen molar-refractivity contribution in [3.63, 3.8) is 0 Å². The van der Waals surface area contributed by atoms with Crippen LogP contribution in [0.1, 0.15) is 33.1 Å². The van der Waals surface area contributed by atoms with Gasteiger partial charge >= 0.3 is 0 Å². The Morgan fingerprint density at radius 3 is 3.00 bits per heavy atom. The highest BCUT2D eigenvalue weighted by molar-refractivity contribution is 7.99. The molecule has 4 heteroatoms. The first-order chi connectivity index (χ1) is 8.18. The van der Waals surface area contributed by atoms with Crippen LogP contribution in [0.25, 0.3) is 0 Å². The normalized spacial score (nSPS) is 34.7. The van der Waals surface area contributed by atoms with Gasteiger partial charge in [0.25, 0.3) is 0 Å². The summed E-state index contributed by atoms with van der Waals surface area (Å²) in [4.78, 5) is 14.4. The molecule has 3 nitrogen and oxygen atoms in total. The lowest BCUT2D eigenvalue weighted by Gasteiger charge is -2.39. The standard InChI is InChI=1S/C13H24N2OS/c1-10-4-3-6-15(11(10)2)13(16)8-12-9-17-7-5-14-12/h10-12,14H,3-9H2,1-2H3. The third-order valence-electron chi connectivity index (χ3n) is 4.11. The molecule has 3 atom stereocenters. The van der Waals surface area contributed by atoms with Gasteiger partial charge < -0.3 is 10.2 Å². The van der Waals surface area contributed by atoms with Gasteiger partial charge in [-0.05, 0) is 25.7 Å². The number of nitrogens with one attached hydrogen (secondary N) is 1. The molecule has 1 N–H and O–H groups in total. The summed E-state index contributed by atoms with van der Waals surface area (Å²) >= 11 is 1.96. The van der Waals surface area contributed by atoms with Crippen molar-refractivity contribution in [1.82, 2.24) is 10.2 Å². The Bertz CT molecular complexity index is 266. The van der Waals surface area contributed by atoms with Crippen molar-refractivity contribution in [2.24, 2.45) is 5.92 Å². The van der Waals surface area contributed by atoms with E-state index < -0.39 is 0 Å². The summed E-state index contributed by atoms with van der Waals surface area (Å²) in [6.45, 7) is 6.47. The molecule has 0 aromatic heterocycles. The third kappa shape index (κ3) is 3.38. The number of carbonyl (C=O) groups excluding carboxylic acids is 1. The quantitative estimate of drug-likeness (QED) is 0.816. The van der Waals surface area contributed by atoms with Crippen LogP contribution in [-0.4, -0.2) is 47.5 Å². The van der Waals surface area contributed by atoms with Gasteiger partial charge in [-0.3, -0.25) is 4.79 Å². The molecular weight excluding hydrogens is 232 g/mol. The number of amides is 1. The predicted molar refractivity (Wildman–Crippen MR) is 73.3 cm³/mol. The first-order valence-electron chi connectivity index (χ1n) is 6.79. The maximum Gasteiger partial charge on any atom is 0.224 e. The number of nitrogens with zero attached hydrogens (tertiary/aromatic N) is 1. The smallest absolute Gasteiger partial charge is 0.224 e. The monoisotopic (exact) mass is 256 g/mol. The summed E-state index contributed by atoms with van der Waals surface area (Å²) in [6, 6.07) is 0.818. The van der Waals surface area contributed by atoms with Gasteiger partial charge in [-0.1, -0.05) is 6.92 Å². The van der Waals surface area contributed by atoms with Crippen LogP contribution < -0.4 is 5.32 Å². The van der Waals surface area contributed by atoms with Crippen LogP contribution >= 0.6 is 11.8 Å².